The normalized spacial score (nSPS) is 24.1. The van der Waals surface area contributed by atoms with E-state index >= 15 is 0 Å². The number of piperazine rings is 1. The maximum Gasteiger partial charge on any atom is 0.147 e. The topological polar surface area (TPSA) is 72.6 Å². The average molecular weight is 453 g/mol. The Labute approximate surface area is 194 Å². The molecular weight excluding hydrogens is 420 g/mol. The van der Waals surface area contributed by atoms with Crippen LogP contribution in [-0.4, -0.2) is 46.3 Å². The second-order valence-electron chi connectivity index (χ2n) is 9.94. The van der Waals surface area contributed by atoms with Gasteiger partial charge in [0.2, 0.25) is 0 Å². The SMILES string of the molecule is CC[C@@H]1CN(c2nc(C3CC3)c3c(c2C#N)CC(C)(C)OC3)CCN1C(O)c1ccsc1. The highest BCUT2D eigenvalue weighted by Gasteiger charge is 2.39. The summed E-state index contributed by atoms with van der Waals surface area (Å²) in [6.07, 6.45) is 3.44. The zero-order valence-corrected chi connectivity index (χ0v) is 20.0. The van der Waals surface area contributed by atoms with Gasteiger partial charge in [-0.2, -0.15) is 16.6 Å². The largest absolute Gasteiger partial charge is 0.374 e. The van der Waals surface area contributed by atoms with Crippen LogP contribution in [0.1, 0.15) is 80.1 Å². The molecule has 1 N–H and O–H groups in total. The Morgan fingerprint density at radius 3 is 2.81 bits per heavy atom. The summed E-state index contributed by atoms with van der Waals surface area (Å²) < 4.78 is 6.11. The van der Waals surface area contributed by atoms with Gasteiger partial charge in [-0.05, 0) is 55.5 Å². The number of hydrogen-bond acceptors (Lipinski definition) is 7. The number of aliphatic hydroxyl groups is 1. The van der Waals surface area contributed by atoms with Crippen LogP contribution in [0.25, 0.3) is 0 Å². The Morgan fingerprint density at radius 1 is 1.34 bits per heavy atom. The summed E-state index contributed by atoms with van der Waals surface area (Å²) in [4.78, 5) is 9.61. The molecule has 0 spiro atoms. The first kappa shape index (κ1) is 21.8. The molecule has 1 saturated carbocycles. The minimum absolute atomic E-state index is 0.201. The van der Waals surface area contributed by atoms with E-state index < -0.39 is 6.23 Å². The van der Waals surface area contributed by atoms with Crippen molar-refractivity contribution >= 4 is 17.2 Å². The minimum Gasteiger partial charge on any atom is -0.374 e. The zero-order chi connectivity index (χ0) is 22.5. The van der Waals surface area contributed by atoms with E-state index in [0.29, 0.717) is 12.5 Å². The Morgan fingerprint density at radius 2 is 2.16 bits per heavy atom. The van der Waals surface area contributed by atoms with Crippen molar-refractivity contribution in [1.82, 2.24) is 9.88 Å². The quantitative estimate of drug-likeness (QED) is 0.728. The average Bonchev–Trinajstić information content (AvgIpc) is 3.49. The third-order valence-corrected chi connectivity index (χ3v) is 7.87. The molecule has 1 saturated heterocycles. The second-order valence-corrected chi connectivity index (χ2v) is 10.7. The molecular formula is C25H32N4O2S. The molecule has 0 bridgehead atoms. The molecule has 0 radical (unpaired) electrons. The zero-order valence-electron chi connectivity index (χ0n) is 19.2. The third kappa shape index (κ3) is 3.94. The second kappa shape index (κ2) is 8.42. The first-order valence-corrected chi connectivity index (χ1v) is 12.7. The van der Waals surface area contributed by atoms with E-state index in [9.17, 15) is 10.4 Å². The number of ether oxygens (including phenoxy) is 1. The number of aliphatic hydroxyl groups excluding tert-OH is 1. The van der Waals surface area contributed by atoms with Crippen molar-refractivity contribution in [3.8, 4) is 6.07 Å². The standard InChI is InChI=1S/C25H32N4O2S/c1-4-18-13-28(8-9-29(18)24(30)17-7-10-32-15-17)23-20(12-26)19-11-25(2,3)31-14-21(19)22(27-23)16-5-6-16/h7,10,15-16,18,24,30H,4-6,8-9,11,13-14H2,1-3H3/t18-,24?/m1/s1. The Balaban J connectivity index is 1.48. The van der Waals surface area contributed by atoms with Crippen molar-refractivity contribution in [1.29, 1.82) is 5.26 Å². The Hall–Kier alpha value is -1.98. The van der Waals surface area contributed by atoms with Gasteiger partial charge in [0.1, 0.15) is 18.1 Å². The molecule has 170 valence electrons. The molecule has 5 rings (SSSR count). The number of fused-ring (bicyclic) bond motifs is 1. The van der Waals surface area contributed by atoms with Gasteiger partial charge in [0.05, 0.1) is 23.5 Å². The van der Waals surface area contributed by atoms with Gasteiger partial charge >= 0.3 is 0 Å². The van der Waals surface area contributed by atoms with E-state index in [1.807, 2.05) is 16.8 Å². The lowest BCUT2D eigenvalue weighted by Crippen LogP contribution is -2.54. The van der Waals surface area contributed by atoms with Gasteiger partial charge in [0.25, 0.3) is 0 Å². The van der Waals surface area contributed by atoms with Crippen molar-refractivity contribution in [2.75, 3.05) is 24.5 Å². The summed E-state index contributed by atoms with van der Waals surface area (Å²) in [7, 11) is 0. The van der Waals surface area contributed by atoms with Crippen molar-refractivity contribution < 1.29 is 9.84 Å². The molecule has 0 amide bonds. The summed E-state index contributed by atoms with van der Waals surface area (Å²) in [5, 5.41) is 25.2. The highest BCUT2D eigenvalue weighted by Crippen LogP contribution is 2.46. The fourth-order valence-corrected chi connectivity index (χ4v) is 5.85. The lowest BCUT2D eigenvalue weighted by Gasteiger charge is -2.44. The van der Waals surface area contributed by atoms with E-state index in [4.69, 9.17) is 9.72 Å². The maximum absolute atomic E-state index is 11.0. The minimum atomic E-state index is -0.583. The Bertz CT molecular complexity index is 1030. The number of pyridine rings is 1. The molecule has 2 aromatic rings. The van der Waals surface area contributed by atoms with Gasteiger partial charge < -0.3 is 14.7 Å². The summed E-state index contributed by atoms with van der Waals surface area (Å²) in [5.74, 6) is 1.35. The summed E-state index contributed by atoms with van der Waals surface area (Å²) in [6, 6.07) is 4.71. The molecule has 7 heteroatoms. The smallest absolute Gasteiger partial charge is 0.147 e. The molecule has 1 unspecified atom stereocenters. The first-order valence-electron chi connectivity index (χ1n) is 11.7. The Kier molecular flexibility index (Phi) is 5.75. The van der Waals surface area contributed by atoms with E-state index in [2.05, 4.69) is 36.6 Å². The van der Waals surface area contributed by atoms with Crippen LogP contribution in [0.15, 0.2) is 16.8 Å². The molecule has 2 fully saturated rings. The van der Waals surface area contributed by atoms with E-state index in [0.717, 1.165) is 66.2 Å². The number of hydrogen-bond donors (Lipinski definition) is 1. The summed E-state index contributed by atoms with van der Waals surface area (Å²) >= 11 is 1.61. The van der Waals surface area contributed by atoms with Gasteiger partial charge in [-0.15, -0.1) is 0 Å². The maximum atomic E-state index is 11.0. The van der Waals surface area contributed by atoms with E-state index in [1.165, 1.54) is 12.8 Å². The lowest BCUT2D eigenvalue weighted by atomic mass is 9.87. The lowest BCUT2D eigenvalue weighted by molar-refractivity contribution is -0.0408. The van der Waals surface area contributed by atoms with Crippen LogP contribution < -0.4 is 4.90 Å². The molecule has 0 aromatic carbocycles. The molecule has 32 heavy (non-hydrogen) atoms. The molecule has 2 aliphatic heterocycles. The van der Waals surface area contributed by atoms with Crippen molar-refractivity contribution in [3.05, 3.63) is 44.8 Å². The molecule has 2 atom stereocenters. The predicted octanol–water partition coefficient (Wildman–Crippen LogP) is 4.34. The van der Waals surface area contributed by atoms with Crippen LogP contribution in [0.5, 0.6) is 0 Å². The number of thiophene rings is 1. The molecule has 4 heterocycles. The van der Waals surface area contributed by atoms with Gasteiger partial charge in [-0.3, -0.25) is 4.90 Å². The molecule has 6 nitrogen and oxygen atoms in total. The van der Waals surface area contributed by atoms with Crippen molar-refractivity contribution in [2.24, 2.45) is 0 Å². The fourth-order valence-electron chi connectivity index (χ4n) is 5.18. The summed E-state index contributed by atoms with van der Waals surface area (Å²) in [5.41, 5.74) is 4.87. The van der Waals surface area contributed by atoms with E-state index in [-0.39, 0.29) is 11.6 Å². The van der Waals surface area contributed by atoms with Gasteiger partial charge in [0.15, 0.2) is 0 Å². The monoisotopic (exact) mass is 452 g/mol. The molecule has 1 aliphatic carbocycles. The highest BCUT2D eigenvalue weighted by atomic mass is 32.1. The van der Waals surface area contributed by atoms with E-state index in [1.54, 1.807) is 11.3 Å². The highest BCUT2D eigenvalue weighted by molar-refractivity contribution is 7.07. The number of nitrogens with zero attached hydrogens (tertiary/aromatic N) is 4. The first-order chi connectivity index (χ1) is 15.4. The van der Waals surface area contributed by atoms with Crippen LogP contribution in [0.2, 0.25) is 0 Å². The van der Waals surface area contributed by atoms with Gasteiger partial charge in [0, 0.05) is 49.1 Å². The number of rotatable bonds is 5. The van der Waals surface area contributed by atoms with Crippen LogP contribution in [0, 0.1) is 11.3 Å². The van der Waals surface area contributed by atoms with Crippen molar-refractivity contribution in [3.63, 3.8) is 0 Å². The number of anilines is 1. The summed E-state index contributed by atoms with van der Waals surface area (Å²) in [6.45, 7) is 9.19. The number of aromatic nitrogens is 1. The molecule has 3 aliphatic rings. The third-order valence-electron chi connectivity index (χ3n) is 7.17. The predicted molar refractivity (Wildman–Crippen MR) is 126 cm³/mol. The van der Waals surface area contributed by atoms with Crippen LogP contribution in [-0.2, 0) is 17.8 Å². The van der Waals surface area contributed by atoms with Crippen LogP contribution in [0.3, 0.4) is 0 Å². The van der Waals surface area contributed by atoms with Crippen LogP contribution >= 0.6 is 11.3 Å². The van der Waals surface area contributed by atoms with Crippen molar-refractivity contribution in [2.45, 2.75) is 76.9 Å². The fraction of sp³-hybridized carbons (Fsp3) is 0.600. The van der Waals surface area contributed by atoms with Crippen LogP contribution in [0.4, 0.5) is 5.82 Å². The number of nitriles is 1. The molecule has 2 aromatic heterocycles. The van der Waals surface area contributed by atoms with Gasteiger partial charge in [-0.1, -0.05) is 6.92 Å². The van der Waals surface area contributed by atoms with Gasteiger partial charge in [-0.25, -0.2) is 4.98 Å².